The van der Waals surface area contributed by atoms with Crippen LogP contribution >= 0.6 is 24.0 Å². The second-order valence-electron chi connectivity index (χ2n) is 4.60. The highest BCUT2D eigenvalue weighted by atomic mass is 32.2. The van der Waals surface area contributed by atoms with Crippen molar-refractivity contribution in [2.24, 2.45) is 0 Å². The predicted octanol–water partition coefficient (Wildman–Crippen LogP) is 1.89. The molecule has 0 spiro atoms. The van der Waals surface area contributed by atoms with Crippen LogP contribution in [0, 0.1) is 0 Å². The van der Waals surface area contributed by atoms with Crippen LogP contribution in [-0.2, 0) is 6.42 Å². The molecule has 1 aromatic heterocycles. The fourth-order valence-electron chi connectivity index (χ4n) is 2.16. The van der Waals surface area contributed by atoms with E-state index in [1.165, 1.54) is 17.3 Å². The summed E-state index contributed by atoms with van der Waals surface area (Å²) in [6.45, 7) is 0. The largest absolute Gasteiger partial charge is 0.493 e. The van der Waals surface area contributed by atoms with Crippen molar-refractivity contribution in [3.63, 3.8) is 0 Å². The molecular weight excluding hydrogens is 334 g/mol. The van der Waals surface area contributed by atoms with Crippen molar-refractivity contribution in [3.05, 3.63) is 23.8 Å². The van der Waals surface area contributed by atoms with E-state index in [4.69, 9.17) is 27.4 Å². The van der Waals surface area contributed by atoms with Gasteiger partial charge in [0.25, 0.3) is 0 Å². The third-order valence-corrected chi connectivity index (χ3v) is 3.93. The smallest absolute Gasteiger partial charge is 0.221 e. The molecule has 0 fully saturated rings. The lowest BCUT2D eigenvalue weighted by Gasteiger charge is -2.18. The monoisotopic (exact) mass is 353 g/mol. The van der Waals surface area contributed by atoms with Crippen LogP contribution < -0.4 is 20.5 Å². The SMILES string of the molecule is COc1ccc(CC(NC=S)n2nc(SC)nc2N)cc1OC. The van der Waals surface area contributed by atoms with Gasteiger partial charge in [-0.25, -0.2) is 4.68 Å². The molecule has 124 valence electrons. The minimum absolute atomic E-state index is 0.237. The zero-order valence-electron chi connectivity index (χ0n) is 13.1. The lowest BCUT2D eigenvalue weighted by molar-refractivity contribution is 0.353. The Labute approximate surface area is 144 Å². The fraction of sp³-hybridized carbons (Fsp3) is 0.357. The number of rotatable bonds is 8. The maximum Gasteiger partial charge on any atom is 0.221 e. The highest BCUT2D eigenvalue weighted by molar-refractivity contribution is 7.98. The number of nitrogens with zero attached hydrogens (tertiary/aromatic N) is 3. The number of nitrogens with two attached hydrogens (primary N) is 1. The molecule has 1 unspecified atom stereocenters. The molecule has 0 saturated heterocycles. The normalized spacial score (nSPS) is 11.8. The van der Waals surface area contributed by atoms with E-state index in [2.05, 4.69) is 15.4 Å². The molecule has 0 bridgehead atoms. The second kappa shape index (κ2) is 8.02. The van der Waals surface area contributed by atoms with Gasteiger partial charge in [0.05, 0.1) is 19.7 Å². The van der Waals surface area contributed by atoms with Gasteiger partial charge in [-0.05, 0) is 24.0 Å². The van der Waals surface area contributed by atoms with Crippen molar-refractivity contribution in [1.29, 1.82) is 0 Å². The molecule has 7 nitrogen and oxygen atoms in total. The summed E-state index contributed by atoms with van der Waals surface area (Å²) in [4.78, 5) is 4.19. The van der Waals surface area contributed by atoms with Crippen LogP contribution in [0.5, 0.6) is 11.5 Å². The molecule has 0 aliphatic rings. The van der Waals surface area contributed by atoms with Crippen molar-refractivity contribution < 1.29 is 9.47 Å². The minimum atomic E-state index is -0.237. The Bertz CT molecular complexity index is 677. The third-order valence-electron chi connectivity index (χ3n) is 3.25. The van der Waals surface area contributed by atoms with Crippen LogP contribution in [0.25, 0.3) is 0 Å². The van der Waals surface area contributed by atoms with Crippen molar-refractivity contribution in [1.82, 2.24) is 20.1 Å². The first kappa shape index (κ1) is 17.4. The Morgan fingerprint density at radius 1 is 1.39 bits per heavy atom. The second-order valence-corrected chi connectivity index (χ2v) is 5.60. The third kappa shape index (κ3) is 4.05. The Morgan fingerprint density at radius 3 is 2.70 bits per heavy atom. The van der Waals surface area contributed by atoms with Gasteiger partial charge in [-0.2, -0.15) is 4.98 Å². The molecule has 23 heavy (non-hydrogen) atoms. The summed E-state index contributed by atoms with van der Waals surface area (Å²) in [5, 5.41) is 8.08. The van der Waals surface area contributed by atoms with Gasteiger partial charge < -0.3 is 20.5 Å². The number of methoxy groups -OCH3 is 2. The van der Waals surface area contributed by atoms with Gasteiger partial charge in [-0.15, -0.1) is 5.10 Å². The van der Waals surface area contributed by atoms with Gasteiger partial charge >= 0.3 is 0 Å². The first-order valence-electron chi connectivity index (χ1n) is 6.79. The van der Waals surface area contributed by atoms with E-state index in [0.29, 0.717) is 29.0 Å². The van der Waals surface area contributed by atoms with Crippen molar-refractivity contribution in [2.45, 2.75) is 17.7 Å². The minimum Gasteiger partial charge on any atom is -0.493 e. The van der Waals surface area contributed by atoms with Gasteiger partial charge in [0.15, 0.2) is 11.5 Å². The van der Waals surface area contributed by atoms with Gasteiger partial charge in [0.1, 0.15) is 6.17 Å². The Morgan fingerprint density at radius 2 is 2.13 bits per heavy atom. The summed E-state index contributed by atoms with van der Waals surface area (Å²) in [6.07, 6.45) is 2.27. The summed E-state index contributed by atoms with van der Waals surface area (Å²) in [6, 6.07) is 5.74. The van der Waals surface area contributed by atoms with Crippen LogP contribution in [0.3, 0.4) is 0 Å². The molecule has 3 N–H and O–H groups in total. The first-order valence-corrected chi connectivity index (χ1v) is 8.49. The molecule has 9 heteroatoms. The number of hydrogen-bond acceptors (Lipinski definition) is 7. The number of thioether (sulfide) groups is 1. The molecule has 1 atom stereocenters. The standard InChI is InChI=1S/C14H19N5O2S2/c1-20-10-5-4-9(6-11(10)21-2)7-12(16-8-22)19-13(15)17-14(18-19)23-3/h4-6,8,12H,7H2,1-3H3,(H,16,22)(H2,15,17,18). The molecule has 2 rings (SSSR count). The van der Waals surface area contributed by atoms with E-state index in [9.17, 15) is 0 Å². The zero-order valence-corrected chi connectivity index (χ0v) is 14.8. The molecule has 0 amide bonds. The fourth-order valence-corrected chi connectivity index (χ4v) is 2.67. The average molecular weight is 353 g/mol. The molecule has 0 radical (unpaired) electrons. The molecule has 1 aromatic carbocycles. The molecule has 0 saturated carbocycles. The predicted molar refractivity (Wildman–Crippen MR) is 95.3 cm³/mol. The number of thiocarbonyl (C=S) groups is 1. The van der Waals surface area contributed by atoms with E-state index in [1.807, 2.05) is 24.5 Å². The van der Waals surface area contributed by atoms with Crippen molar-refractivity contribution in [2.75, 3.05) is 26.2 Å². The van der Waals surface area contributed by atoms with Gasteiger partial charge in [0.2, 0.25) is 11.1 Å². The number of ether oxygens (including phenoxy) is 2. The van der Waals surface area contributed by atoms with E-state index in [1.54, 1.807) is 18.9 Å². The molecule has 0 aliphatic heterocycles. The zero-order chi connectivity index (χ0) is 16.8. The highest BCUT2D eigenvalue weighted by Crippen LogP contribution is 2.29. The van der Waals surface area contributed by atoms with Gasteiger partial charge in [-0.1, -0.05) is 30.0 Å². The molecule has 2 aromatic rings. The van der Waals surface area contributed by atoms with Gasteiger partial charge in [0, 0.05) is 6.42 Å². The molecule has 0 aliphatic carbocycles. The van der Waals surface area contributed by atoms with Crippen LogP contribution in [0.15, 0.2) is 23.4 Å². The van der Waals surface area contributed by atoms with E-state index < -0.39 is 0 Å². The maximum atomic E-state index is 5.95. The number of anilines is 1. The van der Waals surface area contributed by atoms with Crippen LogP contribution in [0.1, 0.15) is 11.7 Å². The highest BCUT2D eigenvalue weighted by Gasteiger charge is 2.17. The summed E-state index contributed by atoms with van der Waals surface area (Å²) < 4.78 is 12.2. The number of nitrogens with one attached hydrogen (secondary N) is 1. The number of benzene rings is 1. The summed E-state index contributed by atoms with van der Waals surface area (Å²) in [7, 11) is 3.21. The van der Waals surface area contributed by atoms with Crippen LogP contribution in [0.2, 0.25) is 0 Å². The Hall–Kier alpha value is -2.00. The molecular formula is C14H19N5O2S2. The van der Waals surface area contributed by atoms with Gasteiger partial charge in [-0.3, -0.25) is 0 Å². The van der Waals surface area contributed by atoms with Crippen LogP contribution in [0.4, 0.5) is 5.95 Å². The summed E-state index contributed by atoms with van der Waals surface area (Å²) in [5.74, 6) is 1.69. The van der Waals surface area contributed by atoms with Crippen molar-refractivity contribution >= 4 is 35.4 Å². The van der Waals surface area contributed by atoms with Crippen LogP contribution in [-0.4, -0.2) is 40.7 Å². The number of hydrogen-bond donors (Lipinski definition) is 2. The van der Waals surface area contributed by atoms with E-state index in [0.717, 1.165) is 5.56 Å². The van der Waals surface area contributed by atoms with E-state index >= 15 is 0 Å². The average Bonchev–Trinajstić information content (AvgIpc) is 2.95. The first-order chi connectivity index (χ1) is 11.1. The number of nitrogen functional groups attached to an aromatic ring is 1. The molecule has 1 heterocycles. The Balaban J connectivity index is 2.28. The topological polar surface area (TPSA) is 87.2 Å². The number of aromatic nitrogens is 3. The summed E-state index contributed by atoms with van der Waals surface area (Å²) >= 11 is 6.36. The van der Waals surface area contributed by atoms with E-state index in [-0.39, 0.29) is 6.17 Å². The lowest BCUT2D eigenvalue weighted by atomic mass is 10.1. The Kier molecular flexibility index (Phi) is 6.05. The lowest BCUT2D eigenvalue weighted by Crippen LogP contribution is -2.29. The van der Waals surface area contributed by atoms with Crippen molar-refractivity contribution in [3.8, 4) is 11.5 Å². The summed E-state index contributed by atoms with van der Waals surface area (Å²) in [5.41, 5.74) is 8.42. The maximum absolute atomic E-state index is 5.95. The quantitative estimate of drug-likeness (QED) is 0.549.